The molecule has 2 aliphatic carbocycles. The highest BCUT2D eigenvalue weighted by Crippen LogP contribution is 2.38. The average molecular weight is 487 g/mol. The predicted octanol–water partition coefficient (Wildman–Crippen LogP) is 9.55. The lowest BCUT2D eigenvalue weighted by Gasteiger charge is -2.28. The molecule has 0 atom stereocenters. The highest BCUT2D eigenvalue weighted by Gasteiger charge is 2.31. The molecule has 4 rings (SSSR count). The summed E-state index contributed by atoms with van der Waals surface area (Å²) >= 11 is 0. The van der Waals surface area contributed by atoms with Crippen LogP contribution < -0.4 is 0 Å². The van der Waals surface area contributed by atoms with Crippen molar-refractivity contribution >= 4 is 0 Å². The fraction of sp³-hybridized carbons (Fsp3) is 0.613. The first-order valence-corrected chi connectivity index (χ1v) is 13.7. The predicted molar refractivity (Wildman–Crippen MR) is 136 cm³/mol. The Kier molecular flexibility index (Phi) is 8.97. The molecule has 0 saturated heterocycles. The van der Waals surface area contributed by atoms with E-state index in [0.29, 0.717) is 17.4 Å². The fourth-order valence-corrected chi connectivity index (χ4v) is 6.10. The molecule has 2 fully saturated rings. The van der Waals surface area contributed by atoms with Crippen molar-refractivity contribution in [3.05, 3.63) is 70.5 Å². The first-order chi connectivity index (χ1) is 16.8. The Morgan fingerprint density at radius 3 is 2.06 bits per heavy atom. The quantitative estimate of drug-likeness (QED) is 0.343. The van der Waals surface area contributed by atoms with Crippen LogP contribution in [0, 0.1) is 17.7 Å². The monoisotopic (exact) mass is 486 g/mol. The van der Waals surface area contributed by atoms with Crippen LogP contribution >= 0.6 is 0 Å². The lowest BCUT2D eigenvalue weighted by molar-refractivity contribution is -0.244. The lowest BCUT2D eigenvalue weighted by atomic mass is 9.77. The summed E-state index contributed by atoms with van der Waals surface area (Å²) in [7, 11) is 0. The number of hydrogen-bond acceptors (Lipinski definition) is 1. The van der Waals surface area contributed by atoms with Gasteiger partial charge in [0.1, 0.15) is 5.82 Å². The van der Waals surface area contributed by atoms with Gasteiger partial charge in [-0.2, -0.15) is 8.78 Å². The maximum Gasteiger partial charge on any atom is 0.360 e. The van der Waals surface area contributed by atoms with E-state index < -0.39 is 25.0 Å². The van der Waals surface area contributed by atoms with E-state index >= 15 is 0 Å². The molecule has 0 aliphatic heterocycles. The fourth-order valence-electron chi connectivity index (χ4n) is 6.10. The zero-order valence-electron chi connectivity index (χ0n) is 21.4. The summed E-state index contributed by atoms with van der Waals surface area (Å²) in [4.78, 5) is 0. The number of hydrogen-bond donors (Lipinski definition) is 0. The number of ether oxygens (including phenoxy) is 1. The molecule has 0 amide bonds. The summed E-state index contributed by atoms with van der Waals surface area (Å²) in [5.41, 5.74) is 2.96. The summed E-state index contributed by atoms with van der Waals surface area (Å²) in [5.74, 6) is 2.04. The van der Waals surface area contributed by atoms with Gasteiger partial charge in [0.2, 0.25) is 0 Å². The van der Waals surface area contributed by atoms with Crippen molar-refractivity contribution in [2.75, 3.05) is 0 Å². The van der Waals surface area contributed by atoms with Crippen molar-refractivity contribution in [1.82, 2.24) is 0 Å². The molecule has 0 N–H and O–H groups in total. The Hall–Kier alpha value is -1.81. The van der Waals surface area contributed by atoms with Gasteiger partial charge in [0.15, 0.2) is 0 Å². The molecular weight excluding hydrogens is 445 g/mol. The Morgan fingerprint density at radius 1 is 0.829 bits per heavy atom. The highest BCUT2D eigenvalue weighted by molar-refractivity contribution is 5.28. The number of benzene rings is 2. The van der Waals surface area contributed by atoms with Crippen molar-refractivity contribution in [2.24, 2.45) is 11.8 Å². The topological polar surface area (TPSA) is 9.23 Å². The molecule has 0 radical (unpaired) electrons. The van der Waals surface area contributed by atoms with Gasteiger partial charge in [-0.3, -0.25) is 0 Å². The Labute approximate surface area is 209 Å². The molecule has 35 heavy (non-hydrogen) atoms. The van der Waals surface area contributed by atoms with Gasteiger partial charge in [-0.05, 0) is 85.0 Å². The average Bonchev–Trinajstić information content (AvgIpc) is 2.85. The van der Waals surface area contributed by atoms with E-state index in [4.69, 9.17) is 4.74 Å². The maximum absolute atomic E-state index is 14.6. The first-order valence-electron chi connectivity index (χ1n) is 13.7. The standard InChI is InChI=1S/C31H41F3O/c1-3-4-23-7-13-25(14-8-23)26-15-9-24(10-16-26)20-31(33,34)35-21-29-18-17-28(19-30(29)32)27-11-5-22(2)6-12-27/h9-10,15-19,22-23,25,27H,3-8,11-14,20-21H2,1-2H3. The molecule has 0 heterocycles. The van der Waals surface area contributed by atoms with Crippen molar-refractivity contribution in [3.63, 3.8) is 0 Å². The van der Waals surface area contributed by atoms with E-state index in [1.807, 2.05) is 18.2 Å². The normalized spacial score (nSPS) is 25.5. The molecule has 2 saturated carbocycles. The second kappa shape index (κ2) is 12.0. The summed E-state index contributed by atoms with van der Waals surface area (Å²) in [6.45, 7) is 4.07. The summed E-state index contributed by atoms with van der Waals surface area (Å²) < 4.78 is 48.7. The number of halogens is 3. The van der Waals surface area contributed by atoms with Crippen molar-refractivity contribution in [3.8, 4) is 0 Å². The van der Waals surface area contributed by atoms with Gasteiger partial charge in [-0.15, -0.1) is 0 Å². The molecule has 192 valence electrons. The molecule has 0 spiro atoms. The van der Waals surface area contributed by atoms with Gasteiger partial charge >= 0.3 is 6.11 Å². The number of rotatable bonds is 9. The van der Waals surface area contributed by atoms with Crippen LogP contribution in [0.15, 0.2) is 42.5 Å². The van der Waals surface area contributed by atoms with Gasteiger partial charge in [0.25, 0.3) is 0 Å². The van der Waals surface area contributed by atoms with Crippen LogP contribution in [0.1, 0.15) is 112 Å². The third kappa shape index (κ3) is 7.35. The third-order valence-corrected chi connectivity index (χ3v) is 8.41. The van der Waals surface area contributed by atoms with Crippen LogP contribution in [0.2, 0.25) is 0 Å². The van der Waals surface area contributed by atoms with Crippen LogP contribution in [0.5, 0.6) is 0 Å². The zero-order chi connectivity index (χ0) is 24.8. The van der Waals surface area contributed by atoms with E-state index in [1.54, 1.807) is 18.2 Å². The Balaban J connectivity index is 1.28. The van der Waals surface area contributed by atoms with Crippen LogP contribution in [0.4, 0.5) is 13.2 Å². The van der Waals surface area contributed by atoms with E-state index in [1.165, 1.54) is 50.2 Å². The molecular formula is C31H41F3O. The summed E-state index contributed by atoms with van der Waals surface area (Å²) in [6.07, 6.45) is 8.07. The Bertz CT molecular complexity index is 923. The van der Waals surface area contributed by atoms with Crippen molar-refractivity contribution in [2.45, 2.75) is 109 Å². The van der Waals surface area contributed by atoms with Gasteiger partial charge in [0, 0.05) is 5.56 Å². The van der Waals surface area contributed by atoms with Gasteiger partial charge in [0.05, 0.1) is 13.0 Å². The van der Waals surface area contributed by atoms with E-state index in [2.05, 4.69) is 13.8 Å². The van der Waals surface area contributed by atoms with E-state index in [9.17, 15) is 13.2 Å². The van der Waals surface area contributed by atoms with Gasteiger partial charge in [-0.25, -0.2) is 4.39 Å². The summed E-state index contributed by atoms with van der Waals surface area (Å²) in [6, 6.07) is 12.6. The van der Waals surface area contributed by atoms with Crippen molar-refractivity contribution < 1.29 is 17.9 Å². The molecule has 4 heteroatoms. The molecule has 0 bridgehead atoms. The first kappa shape index (κ1) is 26.3. The van der Waals surface area contributed by atoms with Crippen LogP contribution in [0.25, 0.3) is 0 Å². The second-order valence-corrected chi connectivity index (χ2v) is 11.2. The minimum Gasteiger partial charge on any atom is -0.315 e. The van der Waals surface area contributed by atoms with Gasteiger partial charge in [-0.1, -0.05) is 75.9 Å². The maximum atomic E-state index is 14.6. The lowest BCUT2D eigenvalue weighted by Crippen LogP contribution is -2.24. The molecule has 2 aromatic carbocycles. The number of alkyl halides is 2. The van der Waals surface area contributed by atoms with Crippen molar-refractivity contribution in [1.29, 1.82) is 0 Å². The molecule has 1 nitrogen and oxygen atoms in total. The minimum absolute atomic E-state index is 0.187. The van der Waals surface area contributed by atoms with E-state index in [-0.39, 0.29) is 5.56 Å². The Morgan fingerprint density at radius 2 is 1.43 bits per heavy atom. The van der Waals surface area contributed by atoms with Gasteiger partial charge < -0.3 is 4.74 Å². The summed E-state index contributed by atoms with van der Waals surface area (Å²) in [5, 5.41) is 0. The van der Waals surface area contributed by atoms with E-state index in [0.717, 1.165) is 43.1 Å². The SMILES string of the molecule is CCCC1CCC(c2ccc(CC(F)(F)OCc3ccc(C4CCC(C)CC4)cc3F)cc2)CC1. The molecule has 2 aliphatic rings. The largest absolute Gasteiger partial charge is 0.360 e. The molecule has 0 aromatic heterocycles. The highest BCUT2D eigenvalue weighted by atomic mass is 19.3. The van der Waals surface area contributed by atoms with Crippen LogP contribution in [0.3, 0.4) is 0 Å². The molecule has 0 unspecified atom stereocenters. The zero-order valence-corrected chi connectivity index (χ0v) is 21.4. The second-order valence-electron chi connectivity index (χ2n) is 11.2. The van der Waals surface area contributed by atoms with Crippen LogP contribution in [-0.2, 0) is 17.8 Å². The smallest absolute Gasteiger partial charge is 0.315 e. The molecule has 2 aromatic rings. The minimum atomic E-state index is -3.34. The third-order valence-electron chi connectivity index (χ3n) is 8.41. The van der Waals surface area contributed by atoms with Crippen LogP contribution in [-0.4, -0.2) is 6.11 Å².